The van der Waals surface area contributed by atoms with E-state index in [1.807, 2.05) is 0 Å². The summed E-state index contributed by atoms with van der Waals surface area (Å²) in [6, 6.07) is 11.4. The SMILES string of the molecule is O=C(Cc1ccc(Cl)cc1)NN=Cc1cccc(C(F)(F)F)c1. The molecule has 120 valence electrons. The predicted molar refractivity (Wildman–Crippen MR) is 82.3 cm³/mol. The molecule has 0 atom stereocenters. The number of carbonyl (C=O) groups is 1. The number of rotatable bonds is 4. The van der Waals surface area contributed by atoms with Crippen LogP contribution in [0.2, 0.25) is 5.02 Å². The summed E-state index contributed by atoms with van der Waals surface area (Å²) >= 11 is 5.74. The molecule has 0 bridgehead atoms. The molecule has 2 aromatic rings. The molecule has 2 aromatic carbocycles. The van der Waals surface area contributed by atoms with Crippen LogP contribution >= 0.6 is 11.6 Å². The monoisotopic (exact) mass is 340 g/mol. The van der Waals surface area contributed by atoms with Gasteiger partial charge in [-0.25, -0.2) is 5.43 Å². The summed E-state index contributed by atoms with van der Waals surface area (Å²) in [6.45, 7) is 0. The molecule has 0 aliphatic rings. The maximum Gasteiger partial charge on any atom is 0.416 e. The van der Waals surface area contributed by atoms with Gasteiger partial charge in [-0.15, -0.1) is 0 Å². The largest absolute Gasteiger partial charge is 0.416 e. The van der Waals surface area contributed by atoms with Gasteiger partial charge in [0.1, 0.15) is 0 Å². The minimum Gasteiger partial charge on any atom is -0.273 e. The molecule has 2 rings (SSSR count). The van der Waals surface area contributed by atoms with Gasteiger partial charge in [-0.2, -0.15) is 18.3 Å². The summed E-state index contributed by atoms with van der Waals surface area (Å²) in [4.78, 5) is 11.7. The fourth-order valence-electron chi connectivity index (χ4n) is 1.80. The Morgan fingerprint density at radius 2 is 1.87 bits per heavy atom. The molecular formula is C16H12ClF3N2O. The van der Waals surface area contributed by atoms with Crippen molar-refractivity contribution >= 4 is 23.7 Å². The number of hydrogen-bond donors (Lipinski definition) is 1. The Balaban J connectivity index is 1.93. The standard InChI is InChI=1S/C16H12ClF3N2O/c17-14-6-4-11(5-7-14)9-15(23)22-21-10-12-2-1-3-13(8-12)16(18,19)20/h1-8,10H,9H2,(H,22,23). The van der Waals surface area contributed by atoms with Crippen molar-refractivity contribution in [1.29, 1.82) is 0 Å². The van der Waals surface area contributed by atoms with Crippen LogP contribution in [0.5, 0.6) is 0 Å². The molecule has 0 aromatic heterocycles. The molecule has 1 N–H and O–H groups in total. The van der Waals surface area contributed by atoms with Crippen LogP contribution in [0.25, 0.3) is 0 Å². The molecule has 0 heterocycles. The number of carbonyl (C=O) groups excluding carboxylic acids is 1. The molecule has 3 nitrogen and oxygen atoms in total. The number of hydrogen-bond acceptors (Lipinski definition) is 2. The van der Waals surface area contributed by atoms with Gasteiger partial charge >= 0.3 is 6.18 Å². The lowest BCUT2D eigenvalue weighted by atomic mass is 10.1. The lowest BCUT2D eigenvalue weighted by Gasteiger charge is -2.06. The zero-order valence-electron chi connectivity index (χ0n) is 11.8. The van der Waals surface area contributed by atoms with Crippen LogP contribution in [0.1, 0.15) is 16.7 Å². The number of halogens is 4. The van der Waals surface area contributed by atoms with Crippen LogP contribution in [-0.4, -0.2) is 12.1 Å². The van der Waals surface area contributed by atoms with Crippen LogP contribution in [0.3, 0.4) is 0 Å². The molecule has 23 heavy (non-hydrogen) atoms. The summed E-state index contributed by atoms with van der Waals surface area (Å²) in [6.07, 6.45) is -3.16. The fourth-order valence-corrected chi connectivity index (χ4v) is 1.93. The first kappa shape index (κ1) is 17.0. The van der Waals surface area contributed by atoms with Crippen molar-refractivity contribution < 1.29 is 18.0 Å². The maximum atomic E-state index is 12.6. The zero-order valence-corrected chi connectivity index (χ0v) is 12.5. The van der Waals surface area contributed by atoms with Crippen molar-refractivity contribution in [2.45, 2.75) is 12.6 Å². The third-order valence-corrected chi connectivity index (χ3v) is 3.15. The number of nitrogens with zero attached hydrogens (tertiary/aromatic N) is 1. The van der Waals surface area contributed by atoms with Crippen molar-refractivity contribution in [1.82, 2.24) is 5.43 Å². The van der Waals surface area contributed by atoms with E-state index < -0.39 is 11.7 Å². The number of benzene rings is 2. The molecule has 0 aliphatic carbocycles. The smallest absolute Gasteiger partial charge is 0.273 e. The van der Waals surface area contributed by atoms with Crippen molar-refractivity contribution in [3.63, 3.8) is 0 Å². The summed E-state index contributed by atoms with van der Waals surface area (Å²) in [5.41, 5.74) is 2.49. The van der Waals surface area contributed by atoms with Crippen molar-refractivity contribution in [2.75, 3.05) is 0 Å². The zero-order chi connectivity index (χ0) is 16.9. The molecular weight excluding hydrogens is 329 g/mol. The Morgan fingerprint density at radius 3 is 2.52 bits per heavy atom. The average Bonchev–Trinajstić information content (AvgIpc) is 2.49. The van der Waals surface area contributed by atoms with E-state index in [4.69, 9.17) is 11.6 Å². The van der Waals surface area contributed by atoms with Crippen molar-refractivity contribution in [3.8, 4) is 0 Å². The maximum absolute atomic E-state index is 12.6. The Kier molecular flexibility index (Phi) is 5.39. The Labute approximate surface area is 135 Å². The average molecular weight is 341 g/mol. The molecule has 1 amide bonds. The Bertz CT molecular complexity index is 712. The first-order valence-electron chi connectivity index (χ1n) is 6.58. The van der Waals surface area contributed by atoms with E-state index in [1.54, 1.807) is 24.3 Å². The van der Waals surface area contributed by atoms with Gasteiger partial charge in [0.05, 0.1) is 18.2 Å². The molecule has 0 spiro atoms. The van der Waals surface area contributed by atoms with Crippen LogP contribution < -0.4 is 5.43 Å². The summed E-state index contributed by atoms with van der Waals surface area (Å²) in [5.74, 6) is -0.379. The van der Waals surface area contributed by atoms with Gasteiger partial charge in [-0.05, 0) is 35.4 Å². The van der Waals surface area contributed by atoms with Gasteiger partial charge in [0, 0.05) is 5.02 Å². The Morgan fingerprint density at radius 1 is 1.17 bits per heavy atom. The third-order valence-electron chi connectivity index (χ3n) is 2.89. The van der Waals surface area contributed by atoms with Gasteiger partial charge in [0.25, 0.3) is 0 Å². The molecule has 0 fully saturated rings. The summed E-state index contributed by atoms with van der Waals surface area (Å²) < 4.78 is 37.7. The molecule has 0 saturated carbocycles. The van der Waals surface area contributed by atoms with Gasteiger partial charge in [0.15, 0.2) is 0 Å². The Hall–Kier alpha value is -2.34. The number of nitrogens with one attached hydrogen (secondary N) is 1. The van der Waals surface area contributed by atoms with E-state index in [9.17, 15) is 18.0 Å². The van der Waals surface area contributed by atoms with E-state index >= 15 is 0 Å². The summed E-state index contributed by atoms with van der Waals surface area (Å²) in [5, 5.41) is 4.23. The second-order valence-corrected chi connectivity index (χ2v) is 5.16. The number of amides is 1. The fraction of sp³-hybridized carbons (Fsp3) is 0.125. The topological polar surface area (TPSA) is 41.5 Å². The molecule has 0 aliphatic heterocycles. The number of alkyl halides is 3. The van der Waals surface area contributed by atoms with Gasteiger partial charge in [0.2, 0.25) is 5.91 Å². The molecule has 0 saturated heterocycles. The van der Waals surface area contributed by atoms with E-state index in [-0.39, 0.29) is 17.9 Å². The van der Waals surface area contributed by atoms with Gasteiger partial charge in [-0.1, -0.05) is 35.9 Å². The quantitative estimate of drug-likeness (QED) is 0.662. The van der Waals surface area contributed by atoms with Crippen molar-refractivity contribution in [2.24, 2.45) is 5.10 Å². The van der Waals surface area contributed by atoms with Gasteiger partial charge < -0.3 is 0 Å². The molecule has 7 heteroatoms. The highest BCUT2D eigenvalue weighted by molar-refractivity contribution is 6.30. The number of hydrazone groups is 1. The van der Waals surface area contributed by atoms with E-state index in [1.165, 1.54) is 12.1 Å². The minimum absolute atomic E-state index is 0.0943. The first-order chi connectivity index (χ1) is 10.8. The highest BCUT2D eigenvalue weighted by Gasteiger charge is 2.30. The lowest BCUT2D eigenvalue weighted by molar-refractivity contribution is -0.137. The van der Waals surface area contributed by atoms with E-state index in [2.05, 4.69) is 10.5 Å². The third kappa shape index (κ3) is 5.41. The molecule has 0 unspecified atom stereocenters. The molecule has 0 radical (unpaired) electrons. The lowest BCUT2D eigenvalue weighted by Crippen LogP contribution is -2.19. The second-order valence-electron chi connectivity index (χ2n) is 4.72. The highest BCUT2D eigenvalue weighted by atomic mass is 35.5. The van der Waals surface area contributed by atoms with E-state index in [0.29, 0.717) is 5.02 Å². The van der Waals surface area contributed by atoms with E-state index in [0.717, 1.165) is 23.9 Å². The van der Waals surface area contributed by atoms with Crippen LogP contribution in [0.15, 0.2) is 53.6 Å². The predicted octanol–water partition coefficient (Wildman–Crippen LogP) is 4.05. The van der Waals surface area contributed by atoms with Gasteiger partial charge in [-0.3, -0.25) is 4.79 Å². The first-order valence-corrected chi connectivity index (χ1v) is 6.96. The minimum atomic E-state index is -4.41. The normalized spacial score (nSPS) is 11.7. The van der Waals surface area contributed by atoms with Crippen LogP contribution in [0.4, 0.5) is 13.2 Å². The summed E-state index contributed by atoms with van der Waals surface area (Å²) in [7, 11) is 0. The van der Waals surface area contributed by atoms with Crippen LogP contribution in [0, 0.1) is 0 Å². The van der Waals surface area contributed by atoms with Crippen LogP contribution in [-0.2, 0) is 17.4 Å². The second kappa shape index (κ2) is 7.28. The van der Waals surface area contributed by atoms with Crippen molar-refractivity contribution in [3.05, 3.63) is 70.2 Å². The highest BCUT2D eigenvalue weighted by Crippen LogP contribution is 2.29.